The maximum atomic E-state index is 12.4. The lowest BCUT2D eigenvalue weighted by Gasteiger charge is -2.30. The zero-order valence-electron chi connectivity index (χ0n) is 15.7. The minimum Gasteiger partial charge on any atom is -0.352 e. The van der Waals surface area contributed by atoms with Crippen molar-refractivity contribution in [3.05, 3.63) is 65.7 Å². The van der Waals surface area contributed by atoms with E-state index in [4.69, 9.17) is 5.26 Å². The molecule has 0 unspecified atom stereocenters. The van der Waals surface area contributed by atoms with Gasteiger partial charge in [0, 0.05) is 18.2 Å². The Morgan fingerprint density at radius 1 is 1.07 bits per heavy atom. The molecule has 0 aromatic heterocycles. The third-order valence-electron chi connectivity index (χ3n) is 4.91. The summed E-state index contributed by atoms with van der Waals surface area (Å²) in [7, 11) is 0. The van der Waals surface area contributed by atoms with Crippen molar-refractivity contribution in [3.8, 4) is 6.07 Å². The Morgan fingerprint density at radius 3 is 2.54 bits per heavy atom. The summed E-state index contributed by atoms with van der Waals surface area (Å²) in [5.41, 5.74) is 2.23. The van der Waals surface area contributed by atoms with Crippen LogP contribution in [-0.4, -0.2) is 36.3 Å². The van der Waals surface area contributed by atoms with Gasteiger partial charge < -0.3 is 10.6 Å². The van der Waals surface area contributed by atoms with E-state index in [1.54, 1.807) is 24.3 Å². The average molecular weight is 376 g/mol. The van der Waals surface area contributed by atoms with Crippen LogP contribution in [0.4, 0.5) is 5.69 Å². The maximum absolute atomic E-state index is 12.4. The highest BCUT2D eigenvalue weighted by Gasteiger charge is 2.25. The molecule has 1 heterocycles. The van der Waals surface area contributed by atoms with Crippen LogP contribution in [0.5, 0.6) is 0 Å². The first-order valence-corrected chi connectivity index (χ1v) is 9.48. The van der Waals surface area contributed by atoms with E-state index in [9.17, 15) is 9.59 Å². The molecule has 6 heteroatoms. The van der Waals surface area contributed by atoms with E-state index in [1.165, 1.54) is 0 Å². The van der Waals surface area contributed by atoms with Gasteiger partial charge >= 0.3 is 0 Å². The number of carbonyl (C=O) groups is 2. The first-order valence-electron chi connectivity index (χ1n) is 9.48. The van der Waals surface area contributed by atoms with Crippen LogP contribution in [0.15, 0.2) is 54.6 Å². The van der Waals surface area contributed by atoms with Gasteiger partial charge in [0.05, 0.1) is 18.2 Å². The summed E-state index contributed by atoms with van der Waals surface area (Å²) in [5.74, 6) is -0.0290. The van der Waals surface area contributed by atoms with E-state index in [-0.39, 0.29) is 24.3 Å². The van der Waals surface area contributed by atoms with Gasteiger partial charge in [0.1, 0.15) is 0 Å². The lowest BCUT2D eigenvalue weighted by molar-refractivity contribution is -0.126. The molecule has 6 nitrogen and oxygen atoms in total. The first-order chi connectivity index (χ1) is 13.6. The van der Waals surface area contributed by atoms with Crippen molar-refractivity contribution in [2.75, 3.05) is 25.0 Å². The number of likely N-dealkylation sites (tertiary alicyclic amines) is 1. The van der Waals surface area contributed by atoms with Crippen molar-refractivity contribution in [2.45, 2.75) is 19.4 Å². The number of hydrogen-bond donors (Lipinski definition) is 2. The predicted molar refractivity (Wildman–Crippen MR) is 107 cm³/mol. The van der Waals surface area contributed by atoms with Gasteiger partial charge in [-0.05, 0) is 49.7 Å². The summed E-state index contributed by atoms with van der Waals surface area (Å²) >= 11 is 0. The second kappa shape index (κ2) is 9.67. The van der Waals surface area contributed by atoms with Crippen molar-refractivity contribution in [1.29, 1.82) is 5.26 Å². The highest BCUT2D eigenvalue weighted by Crippen LogP contribution is 2.18. The summed E-state index contributed by atoms with van der Waals surface area (Å²) in [5, 5.41) is 14.8. The molecule has 0 spiro atoms. The third-order valence-corrected chi connectivity index (χ3v) is 4.91. The number of piperidine rings is 1. The lowest BCUT2D eigenvalue weighted by Crippen LogP contribution is -2.43. The van der Waals surface area contributed by atoms with Crippen molar-refractivity contribution >= 4 is 17.5 Å². The average Bonchev–Trinajstić information content (AvgIpc) is 2.73. The van der Waals surface area contributed by atoms with Gasteiger partial charge in [-0.15, -0.1) is 0 Å². The van der Waals surface area contributed by atoms with Crippen LogP contribution in [0.3, 0.4) is 0 Å². The molecule has 2 aromatic carbocycles. The Labute approximate surface area is 165 Å². The Kier molecular flexibility index (Phi) is 6.77. The molecule has 0 radical (unpaired) electrons. The zero-order chi connectivity index (χ0) is 19.8. The minimum absolute atomic E-state index is 0.00432. The largest absolute Gasteiger partial charge is 0.352 e. The van der Waals surface area contributed by atoms with Gasteiger partial charge in [-0.2, -0.15) is 5.26 Å². The SMILES string of the molecule is N#Cc1cccc(NC(=O)CN2CCC(C(=O)NCc3ccccc3)CC2)c1. The van der Waals surface area contributed by atoms with E-state index in [0.29, 0.717) is 17.8 Å². The molecule has 2 aromatic rings. The molecular formula is C22H24N4O2. The van der Waals surface area contributed by atoms with Crippen LogP contribution in [0.2, 0.25) is 0 Å². The van der Waals surface area contributed by atoms with Gasteiger partial charge in [0.15, 0.2) is 0 Å². The van der Waals surface area contributed by atoms with Crippen LogP contribution < -0.4 is 10.6 Å². The van der Waals surface area contributed by atoms with E-state index in [2.05, 4.69) is 21.6 Å². The highest BCUT2D eigenvalue weighted by atomic mass is 16.2. The number of carbonyl (C=O) groups excluding carboxylic acids is 2. The molecular weight excluding hydrogens is 352 g/mol. The van der Waals surface area contributed by atoms with E-state index < -0.39 is 0 Å². The molecule has 0 aliphatic carbocycles. The molecule has 0 bridgehead atoms. The number of benzene rings is 2. The van der Waals surface area contributed by atoms with E-state index >= 15 is 0 Å². The first kappa shape index (κ1) is 19.6. The van der Waals surface area contributed by atoms with Crippen LogP contribution in [0.1, 0.15) is 24.0 Å². The van der Waals surface area contributed by atoms with Crippen molar-refractivity contribution in [1.82, 2.24) is 10.2 Å². The molecule has 2 amide bonds. The second-order valence-electron chi connectivity index (χ2n) is 6.99. The number of hydrogen-bond acceptors (Lipinski definition) is 4. The molecule has 0 atom stereocenters. The van der Waals surface area contributed by atoms with Crippen LogP contribution in [0, 0.1) is 17.2 Å². The van der Waals surface area contributed by atoms with Crippen LogP contribution in [0.25, 0.3) is 0 Å². The number of anilines is 1. The molecule has 144 valence electrons. The third kappa shape index (κ3) is 5.66. The molecule has 0 saturated carbocycles. The fourth-order valence-corrected chi connectivity index (χ4v) is 3.35. The maximum Gasteiger partial charge on any atom is 0.238 e. The molecule has 1 aliphatic rings. The second-order valence-corrected chi connectivity index (χ2v) is 6.99. The standard InChI is InChI=1S/C22H24N4O2/c23-14-18-7-4-8-20(13-18)25-21(27)16-26-11-9-19(10-12-26)22(28)24-15-17-5-2-1-3-6-17/h1-8,13,19H,9-12,15-16H2,(H,24,28)(H,25,27). The van der Waals surface area contributed by atoms with Gasteiger partial charge in [0.25, 0.3) is 0 Å². The summed E-state index contributed by atoms with van der Waals surface area (Å²) < 4.78 is 0. The van der Waals surface area contributed by atoms with Gasteiger partial charge in [-0.3, -0.25) is 14.5 Å². The summed E-state index contributed by atoms with van der Waals surface area (Å²) in [4.78, 5) is 26.7. The number of nitrogens with one attached hydrogen (secondary N) is 2. The topological polar surface area (TPSA) is 85.2 Å². The molecule has 1 fully saturated rings. The number of amides is 2. The molecule has 28 heavy (non-hydrogen) atoms. The summed E-state index contributed by atoms with van der Waals surface area (Å²) in [6.45, 7) is 2.27. The van der Waals surface area contributed by atoms with Gasteiger partial charge in [0.2, 0.25) is 11.8 Å². The van der Waals surface area contributed by atoms with Crippen molar-refractivity contribution in [2.24, 2.45) is 5.92 Å². The zero-order valence-corrected chi connectivity index (χ0v) is 15.7. The molecule has 2 N–H and O–H groups in total. The van der Waals surface area contributed by atoms with Crippen molar-refractivity contribution in [3.63, 3.8) is 0 Å². The lowest BCUT2D eigenvalue weighted by atomic mass is 9.96. The van der Waals surface area contributed by atoms with E-state index in [0.717, 1.165) is 31.5 Å². The number of rotatable bonds is 6. The fraction of sp³-hybridized carbons (Fsp3) is 0.318. The molecule has 1 aliphatic heterocycles. The normalized spacial score (nSPS) is 14.8. The van der Waals surface area contributed by atoms with Crippen LogP contribution >= 0.6 is 0 Å². The number of nitriles is 1. The Morgan fingerprint density at radius 2 is 1.82 bits per heavy atom. The monoisotopic (exact) mass is 376 g/mol. The highest BCUT2D eigenvalue weighted by molar-refractivity contribution is 5.92. The Bertz CT molecular complexity index is 852. The van der Waals surface area contributed by atoms with Gasteiger partial charge in [-0.1, -0.05) is 36.4 Å². The van der Waals surface area contributed by atoms with Crippen LogP contribution in [-0.2, 0) is 16.1 Å². The smallest absolute Gasteiger partial charge is 0.238 e. The molecule has 3 rings (SSSR count). The molecule has 1 saturated heterocycles. The van der Waals surface area contributed by atoms with Crippen molar-refractivity contribution < 1.29 is 9.59 Å². The Balaban J connectivity index is 1.40. The Hall–Kier alpha value is -3.17. The quantitative estimate of drug-likeness (QED) is 0.811. The fourth-order valence-electron chi connectivity index (χ4n) is 3.35. The summed E-state index contributed by atoms with van der Waals surface area (Å²) in [6, 6.07) is 18.8. The minimum atomic E-state index is -0.109. The number of nitrogens with zero attached hydrogens (tertiary/aromatic N) is 2. The van der Waals surface area contributed by atoms with Gasteiger partial charge in [-0.25, -0.2) is 0 Å². The predicted octanol–water partition coefficient (Wildman–Crippen LogP) is 2.53. The summed E-state index contributed by atoms with van der Waals surface area (Å²) in [6.07, 6.45) is 1.50. The van der Waals surface area contributed by atoms with E-state index in [1.807, 2.05) is 30.3 Å².